The summed E-state index contributed by atoms with van der Waals surface area (Å²) in [5.74, 6) is 0. The van der Waals surface area contributed by atoms with E-state index in [4.69, 9.17) is 8.83 Å². The fourth-order valence-corrected chi connectivity index (χ4v) is 6.09. The van der Waals surface area contributed by atoms with Gasteiger partial charge in [-0.1, -0.05) is 79.8 Å². The first-order valence-electron chi connectivity index (χ1n) is 13.7. The molecule has 0 fully saturated rings. The van der Waals surface area contributed by atoms with Crippen molar-refractivity contribution < 1.29 is 8.83 Å². The topological polar surface area (TPSA) is 29.5 Å². The van der Waals surface area contributed by atoms with E-state index in [9.17, 15) is 0 Å². The Morgan fingerprint density at radius 2 is 1.07 bits per heavy atom. The Balaban J connectivity index is 1.32. The molecule has 2 aromatic heterocycles. The van der Waals surface area contributed by atoms with Gasteiger partial charge in [0.2, 0.25) is 0 Å². The van der Waals surface area contributed by atoms with Gasteiger partial charge < -0.3 is 13.7 Å². The zero-order valence-electron chi connectivity index (χ0n) is 22.2. The monoisotopic (exact) mass is 517 g/mol. The van der Waals surface area contributed by atoms with Gasteiger partial charge in [-0.3, -0.25) is 0 Å². The lowest BCUT2D eigenvalue weighted by molar-refractivity contribution is 0.600. The molecule has 0 bridgehead atoms. The summed E-state index contributed by atoms with van der Waals surface area (Å²) in [6, 6.07) is 38.4. The number of rotatable bonds is 4. The van der Waals surface area contributed by atoms with E-state index in [2.05, 4.69) is 121 Å². The van der Waals surface area contributed by atoms with Gasteiger partial charge in [-0.25, -0.2) is 0 Å². The third-order valence-electron chi connectivity index (χ3n) is 8.28. The Morgan fingerprint density at radius 3 is 1.62 bits per heavy atom. The number of anilines is 3. The van der Waals surface area contributed by atoms with Gasteiger partial charge in [0.15, 0.2) is 0 Å². The third kappa shape index (κ3) is 3.59. The molecule has 1 aliphatic rings. The lowest BCUT2D eigenvalue weighted by Crippen LogP contribution is -2.19. The number of hydrogen-bond acceptors (Lipinski definition) is 3. The van der Waals surface area contributed by atoms with E-state index in [1.165, 1.54) is 5.56 Å². The second kappa shape index (κ2) is 8.75. The minimum Gasteiger partial charge on any atom is -0.456 e. The van der Waals surface area contributed by atoms with Crippen molar-refractivity contribution in [1.29, 1.82) is 0 Å². The standard InChI is InChI=1S/C37H27NO2/c1-37(21-7-2-8-22-37)25-13-15-26(16-14-25)38(27-17-19-35-31(23-27)29-9-3-5-11-33(29)39-35)28-18-20-36-32(24-28)30-10-4-6-12-34(30)40-36/h2-21,23-24H,22H2,1H3. The Bertz CT molecular complexity index is 1990. The van der Waals surface area contributed by atoms with E-state index in [1.807, 2.05) is 24.3 Å². The minimum atomic E-state index is 0.00134. The number of para-hydroxylation sites is 2. The van der Waals surface area contributed by atoms with Crippen molar-refractivity contribution in [1.82, 2.24) is 0 Å². The van der Waals surface area contributed by atoms with Gasteiger partial charge >= 0.3 is 0 Å². The molecule has 1 unspecified atom stereocenters. The van der Waals surface area contributed by atoms with E-state index < -0.39 is 0 Å². The molecule has 1 aliphatic carbocycles. The van der Waals surface area contributed by atoms with E-state index in [-0.39, 0.29) is 5.41 Å². The highest BCUT2D eigenvalue weighted by Gasteiger charge is 2.24. The Hall–Kier alpha value is -5.02. The molecule has 2 heterocycles. The number of fused-ring (bicyclic) bond motifs is 6. The van der Waals surface area contributed by atoms with Crippen molar-refractivity contribution >= 4 is 60.9 Å². The van der Waals surface area contributed by atoms with Gasteiger partial charge in [-0.15, -0.1) is 0 Å². The van der Waals surface area contributed by atoms with Crippen LogP contribution >= 0.6 is 0 Å². The lowest BCUT2D eigenvalue weighted by atomic mass is 9.77. The number of benzene rings is 5. The molecule has 0 N–H and O–H groups in total. The third-order valence-corrected chi connectivity index (χ3v) is 8.28. The van der Waals surface area contributed by atoms with Crippen molar-refractivity contribution in [3.8, 4) is 0 Å². The molecule has 192 valence electrons. The lowest BCUT2D eigenvalue weighted by Gasteiger charge is -2.29. The van der Waals surface area contributed by atoms with Gasteiger partial charge in [0, 0.05) is 44.0 Å². The summed E-state index contributed by atoms with van der Waals surface area (Å²) in [6.07, 6.45) is 9.83. The Kier molecular flexibility index (Phi) is 5.02. The second-order valence-electron chi connectivity index (χ2n) is 10.8. The zero-order valence-corrected chi connectivity index (χ0v) is 22.2. The van der Waals surface area contributed by atoms with Crippen LogP contribution < -0.4 is 4.90 Å². The van der Waals surface area contributed by atoms with Gasteiger partial charge in [0.25, 0.3) is 0 Å². The molecular formula is C37H27NO2. The number of nitrogens with zero attached hydrogens (tertiary/aromatic N) is 1. The number of allylic oxidation sites excluding steroid dienone is 4. The summed E-state index contributed by atoms with van der Waals surface area (Å²) in [5, 5.41) is 4.46. The van der Waals surface area contributed by atoms with E-state index in [0.29, 0.717) is 0 Å². The Labute approximate surface area is 232 Å². The zero-order chi connectivity index (χ0) is 26.7. The maximum Gasteiger partial charge on any atom is 0.135 e. The van der Waals surface area contributed by atoms with Crippen LogP contribution in [-0.2, 0) is 5.41 Å². The molecule has 5 aromatic carbocycles. The van der Waals surface area contributed by atoms with Gasteiger partial charge in [0.1, 0.15) is 22.3 Å². The van der Waals surface area contributed by atoms with Crippen LogP contribution in [0.5, 0.6) is 0 Å². The van der Waals surface area contributed by atoms with Crippen LogP contribution in [0.4, 0.5) is 17.1 Å². The van der Waals surface area contributed by atoms with Crippen molar-refractivity contribution in [3.05, 3.63) is 139 Å². The summed E-state index contributed by atoms with van der Waals surface area (Å²) < 4.78 is 12.3. The predicted octanol–water partition coefficient (Wildman–Crippen LogP) is 10.7. The first kappa shape index (κ1) is 22.9. The Morgan fingerprint density at radius 1 is 0.550 bits per heavy atom. The second-order valence-corrected chi connectivity index (χ2v) is 10.8. The van der Waals surface area contributed by atoms with Crippen molar-refractivity contribution in [2.75, 3.05) is 4.90 Å². The van der Waals surface area contributed by atoms with Crippen molar-refractivity contribution in [2.45, 2.75) is 18.8 Å². The van der Waals surface area contributed by atoms with Crippen molar-refractivity contribution in [2.24, 2.45) is 0 Å². The summed E-state index contributed by atoms with van der Waals surface area (Å²) in [5.41, 5.74) is 8.15. The fourth-order valence-electron chi connectivity index (χ4n) is 6.09. The molecule has 3 nitrogen and oxygen atoms in total. The normalized spacial score (nSPS) is 16.9. The predicted molar refractivity (Wildman–Crippen MR) is 166 cm³/mol. The molecule has 0 radical (unpaired) electrons. The molecule has 0 aliphatic heterocycles. The highest BCUT2D eigenvalue weighted by atomic mass is 16.3. The van der Waals surface area contributed by atoms with Crippen LogP contribution in [-0.4, -0.2) is 0 Å². The number of hydrogen-bond donors (Lipinski definition) is 0. The van der Waals surface area contributed by atoms with Crippen LogP contribution in [0.2, 0.25) is 0 Å². The number of furan rings is 2. The molecule has 3 heteroatoms. The summed E-state index contributed by atoms with van der Waals surface area (Å²) in [4.78, 5) is 2.32. The van der Waals surface area contributed by atoms with Crippen LogP contribution in [0, 0.1) is 0 Å². The van der Waals surface area contributed by atoms with Gasteiger partial charge in [-0.05, 0) is 72.6 Å². The molecule has 0 saturated heterocycles. The van der Waals surface area contributed by atoms with Crippen LogP contribution in [0.1, 0.15) is 18.9 Å². The molecule has 0 saturated carbocycles. The molecule has 8 rings (SSSR count). The molecule has 0 amide bonds. The molecule has 7 aromatic rings. The highest BCUT2D eigenvalue weighted by molar-refractivity contribution is 6.08. The first-order valence-corrected chi connectivity index (χ1v) is 13.7. The van der Waals surface area contributed by atoms with Crippen LogP contribution in [0.15, 0.2) is 142 Å². The summed E-state index contributed by atoms with van der Waals surface area (Å²) in [6.45, 7) is 2.30. The largest absolute Gasteiger partial charge is 0.456 e. The SMILES string of the molecule is CC1(c2ccc(N(c3ccc4oc5ccccc5c4c3)c3ccc4oc5ccccc5c4c3)cc2)C=CC=CC1. The quantitative estimate of drug-likeness (QED) is 0.232. The van der Waals surface area contributed by atoms with Crippen LogP contribution in [0.3, 0.4) is 0 Å². The maximum absolute atomic E-state index is 6.15. The summed E-state index contributed by atoms with van der Waals surface area (Å²) >= 11 is 0. The molecule has 0 spiro atoms. The minimum absolute atomic E-state index is 0.00134. The maximum atomic E-state index is 6.15. The summed E-state index contributed by atoms with van der Waals surface area (Å²) in [7, 11) is 0. The smallest absolute Gasteiger partial charge is 0.135 e. The van der Waals surface area contributed by atoms with Crippen LogP contribution in [0.25, 0.3) is 43.9 Å². The van der Waals surface area contributed by atoms with Crippen molar-refractivity contribution in [3.63, 3.8) is 0 Å². The van der Waals surface area contributed by atoms with E-state index in [0.717, 1.165) is 67.4 Å². The first-order chi connectivity index (χ1) is 19.7. The van der Waals surface area contributed by atoms with E-state index in [1.54, 1.807) is 0 Å². The van der Waals surface area contributed by atoms with Gasteiger partial charge in [-0.2, -0.15) is 0 Å². The average molecular weight is 518 g/mol. The highest BCUT2D eigenvalue weighted by Crippen LogP contribution is 2.42. The van der Waals surface area contributed by atoms with E-state index >= 15 is 0 Å². The fraction of sp³-hybridized carbons (Fsp3) is 0.0811. The van der Waals surface area contributed by atoms with Gasteiger partial charge in [0.05, 0.1) is 0 Å². The molecule has 40 heavy (non-hydrogen) atoms. The molecular weight excluding hydrogens is 490 g/mol. The molecule has 1 atom stereocenters. The average Bonchev–Trinajstić information content (AvgIpc) is 3.56.